The smallest absolute Gasteiger partial charge is 0.221 e. The maximum absolute atomic E-state index is 10.6. The third kappa shape index (κ3) is 17.6. The Balaban J connectivity index is 3.18. The Morgan fingerprint density at radius 2 is 1.10 bits per heavy atom. The minimum absolute atomic E-state index is 0.196. The molecule has 0 rings (SSSR count). The highest BCUT2D eigenvalue weighted by Gasteiger charge is 1.98. The molecule has 0 radical (unpaired) electrons. The van der Waals surface area contributed by atoms with Gasteiger partial charge in [-0.25, -0.2) is 0 Å². The summed E-state index contributed by atoms with van der Waals surface area (Å²) in [6.07, 6.45) is 18.4. The molecule has 0 heterocycles. The fraction of sp³-hybridized carbons (Fsp3) is 0.842. The quantitative estimate of drug-likeness (QED) is 0.167. The third-order valence-electron chi connectivity index (χ3n) is 4.04. The van der Waals surface area contributed by atoms with Gasteiger partial charge in [-0.3, -0.25) is 4.79 Å². The average molecular weight is 315 g/mol. The first kappa shape index (κ1) is 20.7. The van der Waals surface area contributed by atoms with E-state index in [2.05, 4.69) is 13.5 Å². The van der Waals surface area contributed by atoms with Gasteiger partial charge in [-0.15, -0.1) is 0 Å². The Bertz CT molecular complexity index is 260. The number of halogens is 1. The molecule has 21 heavy (non-hydrogen) atoms. The molecule has 0 N–H and O–H groups in total. The fourth-order valence-corrected chi connectivity index (χ4v) is 2.76. The Morgan fingerprint density at radius 3 is 1.52 bits per heavy atom. The van der Waals surface area contributed by atoms with Gasteiger partial charge in [0.05, 0.1) is 0 Å². The first-order chi connectivity index (χ1) is 10.2. The molecule has 0 spiro atoms. The maximum atomic E-state index is 10.6. The predicted octanol–water partition coefficient (Wildman–Crippen LogP) is 7.18. The van der Waals surface area contributed by atoms with E-state index in [4.69, 9.17) is 11.6 Å². The summed E-state index contributed by atoms with van der Waals surface area (Å²) in [4.78, 5) is 10.6. The summed E-state index contributed by atoms with van der Waals surface area (Å²) in [5.41, 5.74) is 1.43. The molecule has 1 nitrogen and oxygen atoms in total. The Labute approximate surface area is 137 Å². The van der Waals surface area contributed by atoms with Crippen molar-refractivity contribution in [3.05, 3.63) is 12.2 Å². The number of allylic oxidation sites excluding steroid dienone is 1. The minimum atomic E-state index is -0.196. The van der Waals surface area contributed by atoms with E-state index in [9.17, 15) is 4.79 Å². The van der Waals surface area contributed by atoms with Crippen molar-refractivity contribution in [2.45, 2.75) is 103 Å². The van der Waals surface area contributed by atoms with Gasteiger partial charge in [0.25, 0.3) is 0 Å². The molecule has 0 aromatic heterocycles. The van der Waals surface area contributed by atoms with Crippen LogP contribution in [0.25, 0.3) is 0 Å². The van der Waals surface area contributed by atoms with Gasteiger partial charge in [-0.2, -0.15) is 0 Å². The van der Waals surface area contributed by atoms with E-state index in [1.54, 1.807) is 0 Å². The SMILES string of the molecule is C=C(CCCCCCCCC)CCCCCCCC(=O)Cl. The van der Waals surface area contributed by atoms with Crippen LogP contribution in [0.3, 0.4) is 0 Å². The van der Waals surface area contributed by atoms with E-state index < -0.39 is 0 Å². The predicted molar refractivity (Wildman–Crippen MR) is 94.9 cm³/mol. The molecule has 0 atom stereocenters. The average Bonchev–Trinajstić information content (AvgIpc) is 2.45. The van der Waals surface area contributed by atoms with Crippen molar-refractivity contribution in [3.63, 3.8) is 0 Å². The second kappa shape index (κ2) is 16.1. The zero-order chi connectivity index (χ0) is 15.8. The van der Waals surface area contributed by atoms with Crippen LogP contribution in [0.5, 0.6) is 0 Å². The summed E-state index contributed by atoms with van der Waals surface area (Å²) < 4.78 is 0. The van der Waals surface area contributed by atoms with E-state index in [1.807, 2.05) is 0 Å². The molecule has 0 aliphatic heterocycles. The monoisotopic (exact) mass is 314 g/mol. The van der Waals surface area contributed by atoms with Gasteiger partial charge >= 0.3 is 0 Å². The lowest BCUT2D eigenvalue weighted by Gasteiger charge is -2.06. The highest BCUT2D eigenvalue weighted by molar-refractivity contribution is 6.63. The van der Waals surface area contributed by atoms with Gasteiger partial charge in [0, 0.05) is 6.42 Å². The molecular formula is C19H35ClO. The van der Waals surface area contributed by atoms with Crippen molar-refractivity contribution in [2.75, 3.05) is 0 Å². The second-order valence-corrected chi connectivity index (χ2v) is 6.67. The molecule has 124 valence electrons. The van der Waals surface area contributed by atoms with Crippen LogP contribution in [-0.4, -0.2) is 5.24 Å². The molecule has 0 unspecified atom stereocenters. The van der Waals surface area contributed by atoms with Crippen molar-refractivity contribution in [1.82, 2.24) is 0 Å². The van der Waals surface area contributed by atoms with E-state index in [0.717, 1.165) is 12.8 Å². The molecule has 0 aromatic carbocycles. The molecule has 0 aliphatic carbocycles. The molecule has 0 aliphatic rings. The Morgan fingerprint density at radius 1 is 0.714 bits per heavy atom. The van der Waals surface area contributed by atoms with Crippen LogP contribution < -0.4 is 0 Å². The standard InChI is InChI=1S/C19H35ClO/c1-3-4-5-6-7-9-12-15-18(2)16-13-10-8-11-14-17-19(20)21/h2-17H2,1H3. The van der Waals surface area contributed by atoms with Gasteiger partial charge in [0.1, 0.15) is 0 Å². The number of hydrogen-bond acceptors (Lipinski definition) is 1. The molecular weight excluding hydrogens is 280 g/mol. The van der Waals surface area contributed by atoms with Crippen LogP contribution >= 0.6 is 11.6 Å². The molecule has 2 heteroatoms. The number of carbonyl (C=O) groups excluding carboxylic acids is 1. The third-order valence-corrected chi connectivity index (χ3v) is 4.23. The summed E-state index contributed by atoms with van der Waals surface area (Å²) in [6.45, 7) is 6.46. The summed E-state index contributed by atoms with van der Waals surface area (Å²) in [5, 5.41) is -0.196. The highest BCUT2D eigenvalue weighted by atomic mass is 35.5. The summed E-state index contributed by atoms with van der Waals surface area (Å²) >= 11 is 5.30. The van der Waals surface area contributed by atoms with Crippen molar-refractivity contribution < 1.29 is 4.79 Å². The molecule has 0 fully saturated rings. The van der Waals surface area contributed by atoms with Crippen LogP contribution in [0.15, 0.2) is 12.2 Å². The zero-order valence-corrected chi connectivity index (χ0v) is 14.9. The van der Waals surface area contributed by atoms with E-state index >= 15 is 0 Å². The van der Waals surface area contributed by atoms with Crippen LogP contribution in [0, 0.1) is 0 Å². The van der Waals surface area contributed by atoms with E-state index in [1.165, 1.54) is 82.6 Å². The topological polar surface area (TPSA) is 17.1 Å². The summed E-state index contributed by atoms with van der Waals surface area (Å²) in [7, 11) is 0. The number of unbranched alkanes of at least 4 members (excludes halogenated alkanes) is 10. The van der Waals surface area contributed by atoms with Gasteiger partial charge < -0.3 is 0 Å². The van der Waals surface area contributed by atoms with Gasteiger partial charge in [-0.05, 0) is 43.7 Å². The fourth-order valence-electron chi connectivity index (χ4n) is 2.63. The molecule has 0 amide bonds. The van der Waals surface area contributed by atoms with Gasteiger partial charge in [-0.1, -0.05) is 76.9 Å². The highest BCUT2D eigenvalue weighted by Crippen LogP contribution is 2.17. The van der Waals surface area contributed by atoms with E-state index in [0.29, 0.717) is 6.42 Å². The number of rotatable bonds is 16. The maximum Gasteiger partial charge on any atom is 0.221 e. The van der Waals surface area contributed by atoms with Crippen molar-refractivity contribution in [1.29, 1.82) is 0 Å². The van der Waals surface area contributed by atoms with Crippen LogP contribution in [0.4, 0.5) is 0 Å². The molecule has 0 saturated carbocycles. The molecule has 0 aromatic rings. The largest absolute Gasteiger partial charge is 0.281 e. The summed E-state index contributed by atoms with van der Waals surface area (Å²) in [5.74, 6) is 0. The van der Waals surface area contributed by atoms with Crippen LogP contribution in [0.2, 0.25) is 0 Å². The summed E-state index contributed by atoms with van der Waals surface area (Å²) in [6, 6.07) is 0. The molecule has 0 saturated heterocycles. The van der Waals surface area contributed by atoms with E-state index in [-0.39, 0.29) is 5.24 Å². The Hall–Kier alpha value is -0.300. The first-order valence-electron chi connectivity index (χ1n) is 9.01. The van der Waals surface area contributed by atoms with Gasteiger partial charge in [0.15, 0.2) is 0 Å². The first-order valence-corrected chi connectivity index (χ1v) is 9.39. The van der Waals surface area contributed by atoms with Crippen LogP contribution in [0.1, 0.15) is 103 Å². The second-order valence-electron chi connectivity index (χ2n) is 6.24. The zero-order valence-electron chi connectivity index (χ0n) is 14.1. The minimum Gasteiger partial charge on any atom is -0.281 e. The Kier molecular flexibility index (Phi) is 15.8. The lowest BCUT2D eigenvalue weighted by Crippen LogP contribution is -1.88. The normalized spacial score (nSPS) is 10.8. The number of carbonyl (C=O) groups is 1. The van der Waals surface area contributed by atoms with Crippen molar-refractivity contribution in [2.24, 2.45) is 0 Å². The van der Waals surface area contributed by atoms with Crippen molar-refractivity contribution >= 4 is 16.8 Å². The van der Waals surface area contributed by atoms with Crippen LogP contribution in [-0.2, 0) is 4.79 Å². The lowest BCUT2D eigenvalue weighted by atomic mass is 10.0. The number of hydrogen-bond donors (Lipinski definition) is 0. The molecule has 0 bridgehead atoms. The van der Waals surface area contributed by atoms with Crippen molar-refractivity contribution in [3.8, 4) is 0 Å². The van der Waals surface area contributed by atoms with Gasteiger partial charge in [0.2, 0.25) is 5.24 Å². The lowest BCUT2D eigenvalue weighted by molar-refractivity contribution is -0.111.